The molecule has 2 fully saturated rings. The van der Waals surface area contributed by atoms with Gasteiger partial charge in [-0.25, -0.2) is 0 Å². The van der Waals surface area contributed by atoms with Gasteiger partial charge in [0.1, 0.15) is 29.9 Å². The van der Waals surface area contributed by atoms with Crippen molar-refractivity contribution in [1.82, 2.24) is 37.2 Å². The molecule has 16 N–H and O–H groups in total. The van der Waals surface area contributed by atoms with E-state index in [1.807, 2.05) is 24.3 Å². The van der Waals surface area contributed by atoms with Crippen LogP contribution in [0.1, 0.15) is 76.2 Å². The van der Waals surface area contributed by atoms with Gasteiger partial charge in [0.2, 0.25) is 29.5 Å². The second-order valence-electron chi connectivity index (χ2n) is 14.2. The van der Waals surface area contributed by atoms with Crippen molar-refractivity contribution in [2.24, 2.45) is 27.9 Å². The summed E-state index contributed by atoms with van der Waals surface area (Å²) in [5.41, 5.74) is 25.1. The van der Waals surface area contributed by atoms with E-state index in [9.17, 15) is 28.8 Å². The number of rotatable bonds is 11. The molecular formula is C36H57N13O6. The molecule has 2 heterocycles. The quantitative estimate of drug-likeness (QED) is 0.102. The molecule has 0 aromatic heterocycles. The highest BCUT2D eigenvalue weighted by Crippen LogP contribution is 2.33. The number of hydrogen-bond donors (Lipinski definition) is 12. The van der Waals surface area contributed by atoms with Crippen LogP contribution in [0, 0.1) is 0 Å². The molecule has 0 radical (unpaired) electrons. The Hall–Kier alpha value is -5.27. The number of anilines is 1. The summed E-state index contributed by atoms with van der Waals surface area (Å²) in [5.74, 6) is -3.91. The molecule has 4 rings (SSSR count). The first kappa shape index (κ1) is 42.5. The number of nitrogens with two attached hydrogens (primary N) is 4. The third-order valence-corrected chi connectivity index (χ3v) is 9.85. The number of amides is 6. The van der Waals surface area contributed by atoms with Gasteiger partial charge >= 0.3 is 0 Å². The van der Waals surface area contributed by atoms with Crippen LogP contribution in [0.4, 0.5) is 5.69 Å². The Labute approximate surface area is 320 Å². The molecular weight excluding hydrogens is 710 g/mol. The number of nitrogens with zero attached hydrogens (tertiary/aromatic N) is 1. The van der Waals surface area contributed by atoms with Gasteiger partial charge in [-0.2, -0.15) is 0 Å². The molecule has 3 aliphatic rings. The van der Waals surface area contributed by atoms with Gasteiger partial charge in [0.05, 0.1) is 6.04 Å². The zero-order valence-electron chi connectivity index (χ0n) is 31.3. The van der Waals surface area contributed by atoms with Gasteiger partial charge in [-0.05, 0) is 69.2 Å². The summed E-state index contributed by atoms with van der Waals surface area (Å²) in [6, 6.07) is 1.43. The topological polar surface area (TPSA) is 315 Å². The molecule has 6 amide bonds. The first-order valence-electron chi connectivity index (χ1n) is 19.0. The maximum absolute atomic E-state index is 14.1. The van der Waals surface area contributed by atoms with E-state index in [4.69, 9.17) is 22.9 Å². The van der Waals surface area contributed by atoms with Gasteiger partial charge in [-0.15, -0.1) is 0 Å². The Morgan fingerprint density at radius 1 is 0.945 bits per heavy atom. The largest absolute Gasteiger partial charge is 0.370 e. The molecule has 0 spiro atoms. The molecule has 1 saturated heterocycles. The summed E-state index contributed by atoms with van der Waals surface area (Å²) in [5, 5.41) is 21.4. The molecule has 302 valence electrons. The first-order valence-corrected chi connectivity index (χ1v) is 19.0. The average Bonchev–Trinajstić information content (AvgIpc) is 3.17. The fraction of sp³-hybridized carbons (Fsp3) is 0.583. The predicted octanol–water partition coefficient (Wildman–Crippen LogP) is -2.72. The average molecular weight is 768 g/mol. The summed E-state index contributed by atoms with van der Waals surface area (Å²) < 4.78 is 0. The van der Waals surface area contributed by atoms with E-state index in [1.165, 1.54) is 37.9 Å². The van der Waals surface area contributed by atoms with Gasteiger partial charge in [0, 0.05) is 44.0 Å². The van der Waals surface area contributed by atoms with E-state index in [0.717, 1.165) is 12.8 Å². The van der Waals surface area contributed by atoms with Crippen LogP contribution in [0.5, 0.6) is 0 Å². The summed E-state index contributed by atoms with van der Waals surface area (Å²) in [6.07, 6.45) is 8.53. The molecule has 19 heteroatoms. The Morgan fingerprint density at radius 3 is 2.36 bits per heavy atom. The van der Waals surface area contributed by atoms with Crippen molar-refractivity contribution >= 4 is 47.1 Å². The number of aliphatic imine (C=N–C) groups is 1. The molecule has 2 aliphatic heterocycles. The smallest absolute Gasteiger partial charge is 0.270 e. The molecule has 1 aliphatic carbocycles. The summed E-state index contributed by atoms with van der Waals surface area (Å²) >= 11 is 0. The van der Waals surface area contributed by atoms with Crippen molar-refractivity contribution in [3.63, 3.8) is 0 Å². The number of hydrogen-bond acceptors (Lipinski definition) is 13. The number of benzene rings is 1. The lowest BCUT2D eigenvalue weighted by Gasteiger charge is -2.31. The number of guanidine groups is 1. The minimum atomic E-state index is -1.43. The minimum absolute atomic E-state index is 0.0580. The van der Waals surface area contributed by atoms with Gasteiger partial charge in [-0.1, -0.05) is 31.4 Å². The standard InChI is InChI=1S/C36H57N13O6/c1-20-31(51)46-28(19-43-29(50)16-23(38)8-5-14-37)33(53)47-27(18-42-24-11-9-22(10-12-24)21-6-3-2-4-7-21)34(54)49-30(26-13-15-41-36(40)48-26)35(55)44-17-25(39)32(52)45-20/h9-12,18,20-21,23,25-26,28,30,42H,2-8,13-17,19,37-39H2,1H3,(H,43,50)(H,44,55)(H,45,52)(H,46,51)(H,47,53)(H,49,54)(H3,40,41,48)/b27-18-/t20-,23-,25?,26?,28-,30-/m0/s1. The van der Waals surface area contributed by atoms with E-state index >= 15 is 0 Å². The van der Waals surface area contributed by atoms with Crippen LogP contribution in [0.15, 0.2) is 41.2 Å². The molecule has 1 saturated carbocycles. The zero-order valence-corrected chi connectivity index (χ0v) is 31.3. The SMILES string of the molecule is C[C@@H]1NC(=O)C(N)CNC(=O)[C@H](C2CCN=C(N)N2)NC(=O)/C(=C/Nc2ccc(C3CCCCC3)cc2)NC(=O)[C@H](CNC(=O)C[C@@H](N)CCCN)NC1=O. The number of carbonyl (C=O) groups is 6. The highest BCUT2D eigenvalue weighted by Gasteiger charge is 2.35. The van der Waals surface area contributed by atoms with Crippen LogP contribution >= 0.6 is 0 Å². The highest BCUT2D eigenvalue weighted by atomic mass is 16.2. The second kappa shape index (κ2) is 21.0. The van der Waals surface area contributed by atoms with E-state index in [1.54, 1.807) is 0 Å². The maximum atomic E-state index is 14.1. The fourth-order valence-corrected chi connectivity index (χ4v) is 6.58. The van der Waals surface area contributed by atoms with Crippen LogP contribution in [0.3, 0.4) is 0 Å². The highest BCUT2D eigenvalue weighted by molar-refractivity contribution is 6.02. The van der Waals surface area contributed by atoms with Crippen LogP contribution in [0.25, 0.3) is 0 Å². The molecule has 6 atom stereocenters. The molecule has 0 bridgehead atoms. The Bertz CT molecular complexity index is 1580. The molecule has 55 heavy (non-hydrogen) atoms. The first-order chi connectivity index (χ1) is 26.3. The second-order valence-corrected chi connectivity index (χ2v) is 14.2. The van der Waals surface area contributed by atoms with Crippen molar-refractivity contribution < 1.29 is 28.8 Å². The van der Waals surface area contributed by atoms with Crippen LogP contribution in [-0.2, 0) is 28.8 Å². The van der Waals surface area contributed by atoms with Crippen LogP contribution in [-0.4, -0.2) is 104 Å². The molecule has 19 nitrogen and oxygen atoms in total. The lowest BCUT2D eigenvalue weighted by molar-refractivity contribution is -0.133. The number of nitrogens with one attached hydrogen (secondary N) is 8. The summed E-state index contributed by atoms with van der Waals surface area (Å²) in [4.78, 5) is 84.6. The third-order valence-electron chi connectivity index (χ3n) is 9.85. The van der Waals surface area contributed by atoms with Crippen molar-refractivity contribution in [2.45, 2.75) is 107 Å². The van der Waals surface area contributed by atoms with Crippen LogP contribution < -0.4 is 65.5 Å². The van der Waals surface area contributed by atoms with Gasteiger partial charge in [0.25, 0.3) is 5.91 Å². The summed E-state index contributed by atoms with van der Waals surface area (Å²) in [7, 11) is 0. The Kier molecular flexibility index (Phi) is 16.2. The maximum Gasteiger partial charge on any atom is 0.270 e. The van der Waals surface area contributed by atoms with Gasteiger partial charge < -0.3 is 65.5 Å². The lowest BCUT2D eigenvalue weighted by atomic mass is 9.84. The molecule has 1 aromatic rings. The fourth-order valence-electron chi connectivity index (χ4n) is 6.58. The number of carbonyl (C=O) groups excluding carboxylic acids is 6. The predicted molar refractivity (Wildman–Crippen MR) is 206 cm³/mol. The zero-order chi connectivity index (χ0) is 39.9. The van der Waals surface area contributed by atoms with Crippen molar-refractivity contribution in [3.8, 4) is 0 Å². The summed E-state index contributed by atoms with van der Waals surface area (Å²) in [6.45, 7) is 1.34. The molecule has 1 aromatic carbocycles. The monoisotopic (exact) mass is 767 g/mol. The van der Waals surface area contributed by atoms with E-state index in [0.29, 0.717) is 37.4 Å². The van der Waals surface area contributed by atoms with E-state index in [-0.39, 0.29) is 37.7 Å². The van der Waals surface area contributed by atoms with Crippen molar-refractivity contribution in [2.75, 3.05) is 31.5 Å². The van der Waals surface area contributed by atoms with Crippen molar-refractivity contribution in [3.05, 3.63) is 41.7 Å². The minimum Gasteiger partial charge on any atom is -0.370 e. The van der Waals surface area contributed by atoms with E-state index < -0.39 is 71.7 Å². The van der Waals surface area contributed by atoms with Crippen molar-refractivity contribution in [1.29, 1.82) is 0 Å². The normalized spacial score (nSPS) is 26.3. The lowest BCUT2D eigenvalue weighted by Crippen LogP contribution is -2.63. The van der Waals surface area contributed by atoms with E-state index in [2.05, 4.69) is 47.5 Å². The Balaban J connectivity index is 1.64. The third kappa shape index (κ3) is 13.2. The van der Waals surface area contributed by atoms with Gasteiger partial charge in [-0.3, -0.25) is 33.8 Å². The molecule has 2 unspecified atom stereocenters. The van der Waals surface area contributed by atoms with Crippen LogP contribution in [0.2, 0.25) is 0 Å². The van der Waals surface area contributed by atoms with Gasteiger partial charge in [0.15, 0.2) is 5.96 Å². The Morgan fingerprint density at radius 2 is 1.67 bits per heavy atom.